The predicted molar refractivity (Wildman–Crippen MR) is 241 cm³/mol. The van der Waals surface area contributed by atoms with Crippen molar-refractivity contribution < 1.29 is 91.9 Å². The number of anilines is 10. The molecule has 0 saturated carbocycles. The normalized spacial score (nSPS) is 10.9. The van der Waals surface area contributed by atoms with E-state index < -0.39 is 26.8 Å². The fraction of sp³-hybridized carbons (Fsp3) is 0.190. The summed E-state index contributed by atoms with van der Waals surface area (Å²) in [4.78, 5) is 52.6. The summed E-state index contributed by atoms with van der Waals surface area (Å²) in [7, 11) is -5.00. The van der Waals surface area contributed by atoms with Gasteiger partial charge in [0.2, 0.25) is 47.5 Å². The number of hydrogen-bond donors (Lipinski definition) is 8. The van der Waals surface area contributed by atoms with Gasteiger partial charge in [0.25, 0.3) is 0 Å². The molecule has 2 heterocycles. The van der Waals surface area contributed by atoms with Crippen LogP contribution in [-0.4, -0.2) is 104 Å². The Bertz CT molecular complexity index is 2670. The van der Waals surface area contributed by atoms with Gasteiger partial charge in [-0.3, -0.25) is 9.59 Å². The number of primary amides is 2. The summed E-state index contributed by atoms with van der Waals surface area (Å²) >= 11 is 0. The van der Waals surface area contributed by atoms with E-state index in [1.165, 1.54) is 18.2 Å². The van der Waals surface area contributed by atoms with E-state index in [1.54, 1.807) is 46.2 Å². The molecule has 6 aromatic rings. The first-order valence-corrected chi connectivity index (χ1v) is 21.0. The van der Waals surface area contributed by atoms with Gasteiger partial charge < -0.3 is 57.3 Å². The van der Waals surface area contributed by atoms with Gasteiger partial charge in [-0.2, -0.15) is 35.5 Å². The number of rotatable bonds is 23. The summed E-state index contributed by atoms with van der Waals surface area (Å²) in [6, 6.07) is 30.5. The van der Waals surface area contributed by atoms with Gasteiger partial charge in [-0.25, -0.2) is 8.42 Å². The van der Waals surface area contributed by atoms with E-state index in [1.807, 2.05) is 48.5 Å². The summed E-state index contributed by atoms with van der Waals surface area (Å²) in [5.41, 5.74) is 13.4. The Hall–Kier alpha value is -5.79. The first-order valence-electron chi connectivity index (χ1n) is 19.6. The zero-order valence-electron chi connectivity index (χ0n) is 36.1. The molecule has 24 heteroatoms. The van der Waals surface area contributed by atoms with Crippen molar-refractivity contribution in [1.29, 1.82) is 0 Å². The predicted octanol–water partition coefficient (Wildman–Crippen LogP) is -2.74. The van der Waals surface area contributed by atoms with Gasteiger partial charge in [0.15, 0.2) is 0 Å². The molecule has 0 saturated heterocycles. The molecular formula is C42H44N14Na2O7S. The minimum Gasteiger partial charge on any atom is -0.744 e. The average Bonchev–Trinajstić information content (AvgIpc) is 3.26. The monoisotopic (exact) mass is 934 g/mol. The van der Waals surface area contributed by atoms with Gasteiger partial charge in [0.05, 0.1) is 18.1 Å². The van der Waals surface area contributed by atoms with Gasteiger partial charge >= 0.3 is 59.1 Å². The quantitative estimate of drug-likeness (QED) is 0.0140. The van der Waals surface area contributed by atoms with Crippen LogP contribution in [0.5, 0.6) is 0 Å². The van der Waals surface area contributed by atoms with E-state index in [2.05, 4.69) is 57.2 Å². The van der Waals surface area contributed by atoms with E-state index in [0.717, 1.165) is 6.07 Å². The van der Waals surface area contributed by atoms with Crippen molar-refractivity contribution in [3.8, 4) is 0 Å². The van der Waals surface area contributed by atoms with Gasteiger partial charge in [0, 0.05) is 56.1 Å². The third-order valence-electron chi connectivity index (χ3n) is 8.94. The van der Waals surface area contributed by atoms with Crippen LogP contribution in [0.3, 0.4) is 0 Å². The zero-order chi connectivity index (χ0) is 45.5. The second-order valence-electron chi connectivity index (χ2n) is 13.7. The van der Waals surface area contributed by atoms with Crippen molar-refractivity contribution in [3.05, 3.63) is 114 Å². The first-order chi connectivity index (χ1) is 30.8. The van der Waals surface area contributed by atoms with Crippen molar-refractivity contribution in [1.82, 2.24) is 29.9 Å². The molecular weight excluding hydrogens is 891 g/mol. The molecule has 0 aliphatic rings. The van der Waals surface area contributed by atoms with Gasteiger partial charge in [-0.15, -0.1) is 30.3 Å². The maximum atomic E-state index is 12.6. The molecule has 0 spiro atoms. The van der Waals surface area contributed by atoms with Crippen molar-refractivity contribution in [2.24, 2.45) is 11.5 Å². The number of nitrogens with zero attached hydrogens (tertiary/aromatic N) is 8. The number of nitrogens with one attached hydrogen (secondary N) is 4. The van der Waals surface area contributed by atoms with Crippen LogP contribution in [0.15, 0.2) is 102 Å². The molecule has 0 atom stereocenters. The molecule has 6 rings (SSSR count). The Labute approximate surface area is 424 Å². The number of para-hydroxylation sites is 2. The number of carbonyl (C=O) groups is 2. The molecule has 66 heavy (non-hydrogen) atoms. The third kappa shape index (κ3) is 16.3. The van der Waals surface area contributed by atoms with Crippen molar-refractivity contribution in [2.75, 3.05) is 70.5 Å². The number of benzene rings is 4. The maximum Gasteiger partial charge on any atom is 1.00 e. The van der Waals surface area contributed by atoms with E-state index in [0.29, 0.717) is 22.6 Å². The summed E-state index contributed by atoms with van der Waals surface area (Å²) in [6.45, 7) is -0.0596. The van der Waals surface area contributed by atoms with E-state index >= 15 is 0 Å². The van der Waals surface area contributed by atoms with Crippen LogP contribution >= 0.6 is 0 Å². The van der Waals surface area contributed by atoms with Crippen LogP contribution in [0.1, 0.15) is 24.0 Å². The number of aliphatic hydroxyl groups is 2. The molecule has 0 radical (unpaired) electrons. The topological polar surface area (TPSA) is 316 Å². The fourth-order valence-corrected chi connectivity index (χ4v) is 6.61. The standard InChI is InChI=1S/C42H45N14O7S.2Na/c43-35(59)19-21-55(23-25-57)41-51-37(45-30-7-3-1-4-8-30)49-39(53-41)47-32-16-12-28(13-17-32)11-14-29-15-18-33(27-34(29)64(61,62)63)48-40-50-38(46-31-9-5-2-6-10-31)52-42(54-40)56(24-26-58)22-20-36(44)60;;/h1-12,14-18,27,57-58H,19-26H2,(H2,43,59)(H2,44,60)(H,61,62,63)(H2,45,47,49,51,53)(H2,46,48,50,52,54);;/q-1;2*+1/p-1. The van der Waals surface area contributed by atoms with Gasteiger partial charge in [-0.05, 0) is 47.6 Å². The second-order valence-corrected chi connectivity index (χ2v) is 15.1. The minimum atomic E-state index is -5.00. The van der Waals surface area contributed by atoms with Crippen molar-refractivity contribution >= 4 is 92.5 Å². The number of nitrogens with two attached hydrogens (primary N) is 2. The molecule has 0 bridgehead atoms. The van der Waals surface area contributed by atoms with Gasteiger partial charge in [-0.1, -0.05) is 48.5 Å². The van der Waals surface area contributed by atoms with Crippen molar-refractivity contribution in [2.45, 2.75) is 17.7 Å². The van der Waals surface area contributed by atoms with Crippen LogP contribution in [0.4, 0.5) is 58.4 Å². The summed E-state index contributed by atoms with van der Waals surface area (Å²) in [5, 5.41) is 31.7. The van der Waals surface area contributed by atoms with Crippen LogP contribution in [0.25, 0.3) is 12.2 Å². The SMILES string of the molecule is NC(=O)CCN(CCO)c1nc(Nc2c[c-]c(C=Cc3ccc(Nc4nc(Nc5ccccc5)nc(N(CCO)CCC(N)=O)n4)cc3S(=O)(=O)[O-])cc2)nc(Nc2ccccc2)n1.[Na+].[Na+]. The Balaban J connectivity index is 0.00000476. The molecule has 2 amide bonds. The van der Waals surface area contributed by atoms with Crippen LogP contribution in [0, 0.1) is 6.07 Å². The van der Waals surface area contributed by atoms with Crippen molar-refractivity contribution in [3.63, 3.8) is 0 Å². The molecule has 10 N–H and O–H groups in total. The zero-order valence-corrected chi connectivity index (χ0v) is 40.9. The van der Waals surface area contributed by atoms with E-state index in [9.17, 15) is 32.8 Å². The summed E-state index contributed by atoms with van der Waals surface area (Å²) < 4.78 is 37.7. The Morgan fingerprint density at radius 3 is 1.45 bits per heavy atom. The average molecular weight is 935 g/mol. The molecule has 0 fully saturated rings. The largest absolute Gasteiger partial charge is 1.00 e. The number of aromatic nitrogens is 6. The second kappa shape index (κ2) is 25.8. The maximum absolute atomic E-state index is 12.6. The molecule has 21 nitrogen and oxygen atoms in total. The molecule has 4 aromatic carbocycles. The first kappa shape index (κ1) is 52.8. The fourth-order valence-electron chi connectivity index (χ4n) is 5.91. The minimum absolute atomic E-state index is 0. The number of carbonyl (C=O) groups excluding carboxylic acids is 2. The van der Waals surface area contributed by atoms with Crippen LogP contribution in [0.2, 0.25) is 0 Å². The number of aliphatic hydroxyl groups excluding tert-OH is 2. The molecule has 0 aliphatic heterocycles. The third-order valence-corrected chi connectivity index (χ3v) is 9.84. The molecule has 0 unspecified atom stereocenters. The van der Waals surface area contributed by atoms with Crippen LogP contribution in [-0.2, 0) is 19.7 Å². The molecule has 0 aliphatic carbocycles. The van der Waals surface area contributed by atoms with E-state index in [4.69, 9.17) is 11.5 Å². The number of hydrogen-bond acceptors (Lipinski definition) is 19. The Kier molecular flexibility index (Phi) is 20.6. The number of amides is 2. The molecule has 332 valence electrons. The van der Waals surface area contributed by atoms with Gasteiger partial charge in [0.1, 0.15) is 10.1 Å². The van der Waals surface area contributed by atoms with E-state index in [-0.39, 0.29) is 158 Å². The summed E-state index contributed by atoms with van der Waals surface area (Å²) in [5.74, 6) is -0.418. The Morgan fingerprint density at radius 2 is 1.05 bits per heavy atom. The smallest absolute Gasteiger partial charge is 0.744 e. The Morgan fingerprint density at radius 1 is 0.606 bits per heavy atom. The van der Waals surface area contributed by atoms with Crippen LogP contribution < -0.4 is 102 Å². The molecule has 2 aromatic heterocycles. The summed E-state index contributed by atoms with van der Waals surface area (Å²) in [6.07, 6.45) is 3.00.